The van der Waals surface area contributed by atoms with E-state index in [1.165, 1.54) is 55.6 Å². The van der Waals surface area contributed by atoms with E-state index < -0.39 is 29.3 Å². The van der Waals surface area contributed by atoms with Crippen LogP contribution in [0.25, 0.3) is 5.76 Å². The van der Waals surface area contributed by atoms with E-state index in [4.69, 9.17) is 10.00 Å². The molecule has 1 amide bonds. The summed E-state index contributed by atoms with van der Waals surface area (Å²) in [6, 6.07) is 17.2. The van der Waals surface area contributed by atoms with E-state index in [0.717, 1.165) is 4.90 Å². The first kappa shape index (κ1) is 22.2. The molecule has 1 N–H and O–H groups in total. The van der Waals surface area contributed by atoms with E-state index in [9.17, 15) is 19.1 Å². The van der Waals surface area contributed by atoms with Crippen molar-refractivity contribution >= 4 is 39.1 Å². The molecular formula is C25H16BrFN2O4. The smallest absolute Gasteiger partial charge is 0.300 e. The lowest BCUT2D eigenvalue weighted by molar-refractivity contribution is -0.132. The maximum atomic E-state index is 14.9. The molecule has 1 heterocycles. The number of methoxy groups -OCH3 is 1. The number of aliphatic hydroxyl groups is 1. The van der Waals surface area contributed by atoms with Crippen LogP contribution in [-0.2, 0) is 9.59 Å². The summed E-state index contributed by atoms with van der Waals surface area (Å²) in [5.41, 5.74) is 0.712. The molecule has 164 valence electrons. The molecule has 0 aromatic heterocycles. The molecule has 1 fully saturated rings. The number of nitriles is 1. The van der Waals surface area contributed by atoms with Crippen LogP contribution in [0, 0.1) is 17.1 Å². The number of hydrogen-bond acceptors (Lipinski definition) is 5. The van der Waals surface area contributed by atoms with Gasteiger partial charge in [-0.15, -0.1) is 0 Å². The molecule has 8 heteroatoms. The van der Waals surface area contributed by atoms with Crippen LogP contribution >= 0.6 is 15.9 Å². The number of Topliss-reactive ketones (excluding diaryl/α,β-unsaturated/α-hetero) is 1. The van der Waals surface area contributed by atoms with Gasteiger partial charge in [-0.05, 0) is 64.5 Å². The van der Waals surface area contributed by atoms with Crippen molar-refractivity contribution in [2.24, 2.45) is 0 Å². The number of rotatable bonds is 4. The van der Waals surface area contributed by atoms with Crippen molar-refractivity contribution in [1.29, 1.82) is 5.26 Å². The zero-order valence-corrected chi connectivity index (χ0v) is 18.8. The SMILES string of the molecule is COc1ccc(/C(O)=C2\C(=O)C(=O)N(c3ccc(C#N)cc3)C2c2ccccc2F)cc1Br. The van der Waals surface area contributed by atoms with Crippen molar-refractivity contribution < 1.29 is 23.8 Å². The molecule has 1 unspecified atom stereocenters. The molecule has 0 spiro atoms. The fourth-order valence-electron chi connectivity index (χ4n) is 3.76. The van der Waals surface area contributed by atoms with Gasteiger partial charge in [0.05, 0.1) is 34.8 Å². The summed E-state index contributed by atoms with van der Waals surface area (Å²) in [5.74, 6) is -2.43. The molecule has 1 saturated heterocycles. The van der Waals surface area contributed by atoms with Crippen molar-refractivity contribution in [2.45, 2.75) is 6.04 Å². The highest BCUT2D eigenvalue weighted by Gasteiger charge is 2.47. The standard InChI is InChI=1S/C25H16BrFN2O4/c1-33-20-11-8-15(12-18(20)26)23(30)21-22(17-4-2-3-5-19(17)27)29(25(32)24(21)31)16-9-6-14(13-28)7-10-16/h2-12,22,30H,1H3/b23-21+. The minimum atomic E-state index is -1.21. The van der Waals surface area contributed by atoms with Crippen LogP contribution in [0.2, 0.25) is 0 Å². The Morgan fingerprint density at radius 3 is 2.42 bits per heavy atom. The first-order valence-electron chi connectivity index (χ1n) is 9.77. The Labute approximate surface area is 197 Å². The fraction of sp³-hybridized carbons (Fsp3) is 0.0800. The van der Waals surface area contributed by atoms with E-state index in [1.54, 1.807) is 18.2 Å². The monoisotopic (exact) mass is 506 g/mol. The van der Waals surface area contributed by atoms with E-state index in [2.05, 4.69) is 15.9 Å². The normalized spacial score (nSPS) is 17.2. The summed E-state index contributed by atoms with van der Waals surface area (Å²) in [7, 11) is 1.49. The third-order valence-corrected chi connectivity index (χ3v) is 5.96. The Hall–Kier alpha value is -3.96. The number of benzene rings is 3. The average molecular weight is 507 g/mol. The van der Waals surface area contributed by atoms with Gasteiger partial charge in [-0.25, -0.2) is 4.39 Å². The second-order valence-corrected chi connectivity index (χ2v) is 8.05. The lowest BCUT2D eigenvalue weighted by Gasteiger charge is -2.25. The zero-order valence-electron chi connectivity index (χ0n) is 17.3. The van der Waals surface area contributed by atoms with Gasteiger partial charge < -0.3 is 9.84 Å². The predicted octanol–water partition coefficient (Wildman–Crippen LogP) is 5.09. The van der Waals surface area contributed by atoms with Gasteiger partial charge in [0.15, 0.2) is 0 Å². The summed E-state index contributed by atoms with van der Waals surface area (Å²) < 4.78 is 20.6. The molecular weight excluding hydrogens is 491 g/mol. The number of ether oxygens (including phenoxy) is 1. The molecule has 3 aromatic rings. The molecule has 0 aliphatic carbocycles. The van der Waals surface area contributed by atoms with Gasteiger partial charge >= 0.3 is 0 Å². The molecule has 1 aliphatic rings. The lowest BCUT2D eigenvalue weighted by atomic mass is 9.94. The summed E-state index contributed by atoms with van der Waals surface area (Å²) in [5, 5.41) is 20.2. The highest BCUT2D eigenvalue weighted by molar-refractivity contribution is 9.10. The molecule has 1 atom stereocenters. The highest BCUT2D eigenvalue weighted by Crippen LogP contribution is 2.43. The number of halogens is 2. The molecule has 0 radical (unpaired) electrons. The van der Waals surface area contributed by atoms with Crippen LogP contribution in [0.3, 0.4) is 0 Å². The zero-order chi connectivity index (χ0) is 23.7. The maximum Gasteiger partial charge on any atom is 0.300 e. The van der Waals surface area contributed by atoms with Crippen molar-refractivity contribution in [3.05, 3.63) is 99.3 Å². The molecule has 4 rings (SSSR count). The van der Waals surface area contributed by atoms with Crippen LogP contribution in [0.4, 0.5) is 10.1 Å². The average Bonchev–Trinajstić information content (AvgIpc) is 3.09. The first-order chi connectivity index (χ1) is 15.9. The summed E-state index contributed by atoms with van der Waals surface area (Å²) in [4.78, 5) is 27.3. The van der Waals surface area contributed by atoms with Gasteiger partial charge in [0.2, 0.25) is 0 Å². The Balaban J connectivity index is 1.95. The molecule has 0 bridgehead atoms. The number of ketones is 1. The Bertz CT molecular complexity index is 1350. The Kier molecular flexibility index (Phi) is 5.99. The van der Waals surface area contributed by atoms with E-state index >= 15 is 0 Å². The largest absolute Gasteiger partial charge is 0.507 e. The van der Waals surface area contributed by atoms with Gasteiger partial charge in [-0.1, -0.05) is 18.2 Å². The lowest BCUT2D eigenvalue weighted by Crippen LogP contribution is -2.29. The van der Waals surface area contributed by atoms with Crippen LogP contribution < -0.4 is 9.64 Å². The van der Waals surface area contributed by atoms with Crippen molar-refractivity contribution in [1.82, 2.24) is 0 Å². The van der Waals surface area contributed by atoms with Gasteiger partial charge in [-0.3, -0.25) is 14.5 Å². The number of nitrogens with zero attached hydrogens (tertiary/aromatic N) is 2. The second-order valence-electron chi connectivity index (χ2n) is 7.20. The number of amides is 1. The maximum absolute atomic E-state index is 14.9. The Morgan fingerprint density at radius 2 is 1.82 bits per heavy atom. The number of hydrogen-bond donors (Lipinski definition) is 1. The first-order valence-corrected chi connectivity index (χ1v) is 10.6. The third kappa shape index (κ3) is 3.88. The molecule has 3 aromatic carbocycles. The van der Waals surface area contributed by atoms with Crippen molar-refractivity contribution in [3.8, 4) is 11.8 Å². The predicted molar refractivity (Wildman–Crippen MR) is 123 cm³/mol. The fourth-order valence-corrected chi connectivity index (χ4v) is 4.30. The summed E-state index contributed by atoms with van der Waals surface area (Å²) in [6.45, 7) is 0. The topological polar surface area (TPSA) is 90.6 Å². The van der Waals surface area contributed by atoms with Crippen LogP contribution in [0.15, 0.2) is 76.8 Å². The van der Waals surface area contributed by atoms with Crippen LogP contribution in [0.1, 0.15) is 22.7 Å². The van der Waals surface area contributed by atoms with E-state index in [1.807, 2.05) is 6.07 Å². The number of aliphatic hydroxyl groups excluding tert-OH is 1. The quantitative estimate of drug-likeness (QED) is 0.302. The van der Waals surface area contributed by atoms with Crippen molar-refractivity contribution in [2.75, 3.05) is 12.0 Å². The number of carbonyl (C=O) groups is 2. The highest BCUT2D eigenvalue weighted by atomic mass is 79.9. The molecule has 6 nitrogen and oxygen atoms in total. The molecule has 0 saturated carbocycles. The van der Waals surface area contributed by atoms with Crippen molar-refractivity contribution in [3.63, 3.8) is 0 Å². The molecule has 1 aliphatic heterocycles. The number of carbonyl (C=O) groups excluding carboxylic acids is 2. The van der Waals surface area contributed by atoms with Crippen LogP contribution in [0.5, 0.6) is 5.75 Å². The second kappa shape index (κ2) is 8.88. The minimum absolute atomic E-state index is 0.0511. The Morgan fingerprint density at radius 1 is 1.12 bits per heavy atom. The van der Waals surface area contributed by atoms with E-state index in [0.29, 0.717) is 21.5 Å². The van der Waals surface area contributed by atoms with E-state index in [-0.39, 0.29) is 16.7 Å². The number of anilines is 1. The van der Waals surface area contributed by atoms with Gasteiger partial charge in [0.1, 0.15) is 17.3 Å². The van der Waals surface area contributed by atoms with Crippen LogP contribution in [-0.4, -0.2) is 23.9 Å². The third-order valence-electron chi connectivity index (χ3n) is 5.34. The van der Waals surface area contributed by atoms with Gasteiger partial charge in [0, 0.05) is 16.8 Å². The van der Waals surface area contributed by atoms with Gasteiger partial charge in [0.25, 0.3) is 11.7 Å². The minimum Gasteiger partial charge on any atom is -0.507 e. The van der Waals surface area contributed by atoms with Gasteiger partial charge in [-0.2, -0.15) is 5.26 Å². The summed E-state index contributed by atoms with van der Waals surface area (Å²) >= 11 is 3.34. The molecule has 33 heavy (non-hydrogen) atoms. The summed E-state index contributed by atoms with van der Waals surface area (Å²) in [6.07, 6.45) is 0.